The van der Waals surface area contributed by atoms with E-state index in [0.717, 1.165) is 6.54 Å². The fourth-order valence-corrected chi connectivity index (χ4v) is 3.20. The second-order valence-corrected chi connectivity index (χ2v) is 6.00. The number of benzene rings is 1. The predicted octanol–water partition coefficient (Wildman–Crippen LogP) is 2.62. The third-order valence-electron chi connectivity index (χ3n) is 4.44. The lowest BCUT2D eigenvalue weighted by molar-refractivity contribution is 0.264. The largest absolute Gasteiger partial charge is 0.382 e. The number of likely N-dealkylation sites (tertiary alicyclic amines) is 1. The molecule has 0 bridgehead atoms. The van der Waals surface area contributed by atoms with Crippen molar-refractivity contribution in [2.75, 3.05) is 32.0 Å². The topological polar surface area (TPSA) is 27.3 Å². The molecule has 0 aliphatic carbocycles. The zero-order chi connectivity index (χ0) is 13.1. The van der Waals surface area contributed by atoms with Crippen LogP contribution in [0.4, 0.5) is 5.69 Å². The highest BCUT2D eigenvalue weighted by molar-refractivity contribution is 5.47. The van der Waals surface area contributed by atoms with Crippen LogP contribution >= 0.6 is 0 Å². The van der Waals surface area contributed by atoms with Gasteiger partial charge in [0, 0.05) is 17.8 Å². The van der Waals surface area contributed by atoms with Gasteiger partial charge in [0.2, 0.25) is 0 Å². The van der Waals surface area contributed by atoms with Gasteiger partial charge in [0.1, 0.15) is 0 Å². The van der Waals surface area contributed by atoms with Gasteiger partial charge >= 0.3 is 0 Å². The first kappa shape index (κ1) is 12.9. The van der Waals surface area contributed by atoms with E-state index in [1.165, 1.54) is 50.0 Å². The van der Waals surface area contributed by atoms with Crippen molar-refractivity contribution >= 4 is 5.69 Å². The number of hydrogen-bond donors (Lipinski definition) is 2. The first-order valence-electron chi connectivity index (χ1n) is 7.60. The molecule has 0 amide bonds. The summed E-state index contributed by atoms with van der Waals surface area (Å²) in [6.07, 6.45) is 5.08. The van der Waals surface area contributed by atoms with Crippen LogP contribution in [-0.2, 0) is 0 Å². The summed E-state index contributed by atoms with van der Waals surface area (Å²) in [6.45, 7) is 3.58. The Morgan fingerprint density at radius 1 is 1.21 bits per heavy atom. The minimum Gasteiger partial charge on any atom is -0.382 e. The summed E-state index contributed by atoms with van der Waals surface area (Å²) < 4.78 is 0. The maximum Gasteiger partial charge on any atom is 0.0345 e. The van der Waals surface area contributed by atoms with E-state index in [-0.39, 0.29) is 0 Å². The van der Waals surface area contributed by atoms with Crippen LogP contribution in [0, 0.1) is 0 Å². The minimum atomic E-state index is 0.569. The highest BCUT2D eigenvalue weighted by Crippen LogP contribution is 2.26. The summed E-state index contributed by atoms with van der Waals surface area (Å²) in [5.41, 5.74) is 2.73. The van der Waals surface area contributed by atoms with Gasteiger partial charge in [0.25, 0.3) is 0 Å². The van der Waals surface area contributed by atoms with E-state index in [1.807, 2.05) is 0 Å². The first-order valence-corrected chi connectivity index (χ1v) is 7.60. The van der Waals surface area contributed by atoms with Crippen LogP contribution in [-0.4, -0.2) is 37.6 Å². The Morgan fingerprint density at radius 3 is 2.79 bits per heavy atom. The Morgan fingerprint density at radius 2 is 2.05 bits per heavy atom. The van der Waals surface area contributed by atoms with Gasteiger partial charge in [0.05, 0.1) is 0 Å². The Hall–Kier alpha value is -1.06. The molecule has 104 valence electrons. The van der Waals surface area contributed by atoms with Crippen LogP contribution in [0.5, 0.6) is 0 Å². The number of rotatable bonds is 3. The molecular weight excluding hydrogens is 234 g/mol. The van der Waals surface area contributed by atoms with Gasteiger partial charge < -0.3 is 15.5 Å². The quantitative estimate of drug-likeness (QED) is 0.874. The molecule has 1 aromatic carbocycles. The molecule has 2 aliphatic rings. The molecule has 1 unspecified atom stereocenters. The Kier molecular flexibility index (Phi) is 4.04. The van der Waals surface area contributed by atoms with Crippen LogP contribution < -0.4 is 10.6 Å². The van der Waals surface area contributed by atoms with Crippen molar-refractivity contribution in [1.29, 1.82) is 0 Å². The van der Waals surface area contributed by atoms with E-state index < -0.39 is 0 Å². The van der Waals surface area contributed by atoms with E-state index in [2.05, 4.69) is 46.8 Å². The summed E-state index contributed by atoms with van der Waals surface area (Å²) in [5, 5.41) is 7.29. The average Bonchev–Trinajstić information content (AvgIpc) is 2.96. The Labute approximate surface area is 116 Å². The molecule has 2 fully saturated rings. The molecular formula is C16H25N3. The lowest BCUT2D eigenvalue weighted by Crippen LogP contribution is -2.36. The molecule has 0 aromatic heterocycles. The van der Waals surface area contributed by atoms with Gasteiger partial charge in [0.15, 0.2) is 0 Å². The third kappa shape index (κ3) is 3.28. The minimum absolute atomic E-state index is 0.569. The number of anilines is 1. The Balaban J connectivity index is 1.62. The van der Waals surface area contributed by atoms with Crippen molar-refractivity contribution in [3.8, 4) is 0 Å². The molecule has 3 heteroatoms. The van der Waals surface area contributed by atoms with Gasteiger partial charge in [-0.1, -0.05) is 12.1 Å². The van der Waals surface area contributed by atoms with Crippen LogP contribution in [0.1, 0.15) is 37.3 Å². The zero-order valence-corrected chi connectivity index (χ0v) is 11.9. The van der Waals surface area contributed by atoms with E-state index in [0.29, 0.717) is 12.1 Å². The highest BCUT2D eigenvalue weighted by Gasteiger charge is 2.18. The molecule has 2 heterocycles. The van der Waals surface area contributed by atoms with Crippen molar-refractivity contribution in [2.24, 2.45) is 0 Å². The molecule has 2 N–H and O–H groups in total. The summed E-state index contributed by atoms with van der Waals surface area (Å²) >= 11 is 0. The monoisotopic (exact) mass is 259 g/mol. The van der Waals surface area contributed by atoms with E-state index in [4.69, 9.17) is 0 Å². The summed E-state index contributed by atoms with van der Waals surface area (Å²) in [7, 11) is 2.21. The van der Waals surface area contributed by atoms with E-state index >= 15 is 0 Å². The maximum absolute atomic E-state index is 3.71. The Bertz CT molecular complexity index is 404. The number of hydrogen-bond acceptors (Lipinski definition) is 3. The summed E-state index contributed by atoms with van der Waals surface area (Å²) in [5.74, 6) is 0. The summed E-state index contributed by atoms with van der Waals surface area (Å²) in [4.78, 5) is 2.41. The summed E-state index contributed by atoms with van der Waals surface area (Å²) in [6, 6.07) is 10.2. The van der Waals surface area contributed by atoms with Gasteiger partial charge in [-0.05, 0) is 70.1 Å². The molecule has 2 aliphatic heterocycles. The second-order valence-electron chi connectivity index (χ2n) is 6.00. The van der Waals surface area contributed by atoms with E-state index in [9.17, 15) is 0 Å². The van der Waals surface area contributed by atoms with Crippen molar-refractivity contribution in [1.82, 2.24) is 10.2 Å². The molecule has 0 spiro atoms. The molecule has 1 aromatic rings. The fraction of sp³-hybridized carbons (Fsp3) is 0.625. The van der Waals surface area contributed by atoms with E-state index in [1.54, 1.807) is 0 Å². The highest BCUT2D eigenvalue weighted by atomic mass is 15.1. The third-order valence-corrected chi connectivity index (χ3v) is 4.44. The predicted molar refractivity (Wildman–Crippen MR) is 80.6 cm³/mol. The lowest BCUT2D eigenvalue weighted by atomic mass is 10.0. The van der Waals surface area contributed by atoms with Crippen molar-refractivity contribution < 1.29 is 0 Å². The maximum atomic E-state index is 3.71. The molecule has 3 nitrogen and oxygen atoms in total. The standard InChI is InChI=1S/C16H25N3/c1-19-10-7-14(8-11-19)18-15-5-2-4-13(12-15)16-6-3-9-17-16/h2,4-5,12,14,16-18H,3,6-11H2,1H3. The normalized spacial score (nSPS) is 25.6. The number of nitrogens with zero attached hydrogens (tertiary/aromatic N) is 1. The van der Waals surface area contributed by atoms with Gasteiger partial charge in [-0.3, -0.25) is 0 Å². The molecule has 1 atom stereocenters. The van der Waals surface area contributed by atoms with Crippen LogP contribution in [0.25, 0.3) is 0 Å². The zero-order valence-electron chi connectivity index (χ0n) is 11.9. The van der Waals surface area contributed by atoms with Gasteiger partial charge in [-0.15, -0.1) is 0 Å². The molecule has 19 heavy (non-hydrogen) atoms. The lowest BCUT2D eigenvalue weighted by Gasteiger charge is -2.30. The smallest absolute Gasteiger partial charge is 0.0345 e. The number of piperidine rings is 1. The first-order chi connectivity index (χ1) is 9.31. The van der Waals surface area contributed by atoms with Crippen molar-refractivity contribution in [3.05, 3.63) is 29.8 Å². The second kappa shape index (κ2) is 5.93. The molecule has 0 radical (unpaired) electrons. The number of nitrogens with one attached hydrogen (secondary N) is 2. The van der Waals surface area contributed by atoms with Crippen LogP contribution in [0.3, 0.4) is 0 Å². The average molecular weight is 259 g/mol. The molecule has 2 saturated heterocycles. The molecule has 3 rings (SSSR count). The van der Waals surface area contributed by atoms with Crippen molar-refractivity contribution in [2.45, 2.75) is 37.8 Å². The van der Waals surface area contributed by atoms with Crippen LogP contribution in [0.2, 0.25) is 0 Å². The molecule has 0 saturated carbocycles. The van der Waals surface area contributed by atoms with Gasteiger partial charge in [-0.25, -0.2) is 0 Å². The van der Waals surface area contributed by atoms with Crippen LogP contribution in [0.15, 0.2) is 24.3 Å². The fourth-order valence-electron chi connectivity index (χ4n) is 3.20. The SMILES string of the molecule is CN1CCC(Nc2cccc(C3CCCN3)c2)CC1. The van der Waals surface area contributed by atoms with Gasteiger partial charge in [-0.2, -0.15) is 0 Å². The van der Waals surface area contributed by atoms with Crippen molar-refractivity contribution in [3.63, 3.8) is 0 Å².